The Morgan fingerprint density at radius 1 is 1.32 bits per heavy atom. The summed E-state index contributed by atoms with van der Waals surface area (Å²) in [6.45, 7) is 3.29. The van der Waals surface area contributed by atoms with Gasteiger partial charge in [0.25, 0.3) is 5.91 Å². The normalized spacial score (nSPS) is 17.5. The van der Waals surface area contributed by atoms with Crippen LogP contribution in [0.25, 0.3) is 0 Å². The summed E-state index contributed by atoms with van der Waals surface area (Å²) >= 11 is 0. The third-order valence-corrected chi connectivity index (χ3v) is 3.61. The lowest BCUT2D eigenvalue weighted by molar-refractivity contribution is 0.0709. The Labute approximate surface area is 112 Å². The van der Waals surface area contributed by atoms with Crippen molar-refractivity contribution in [3.8, 4) is 0 Å². The highest BCUT2D eigenvalue weighted by atomic mass is 16.4. The molecule has 0 saturated carbocycles. The molecule has 1 fully saturated rings. The van der Waals surface area contributed by atoms with E-state index in [-0.39, 0.29) is 17.7 Å². The van der Waals surface area contributed by atoms with E-state index in [2.05, 4.69) is 5.16 Å². The molecule has 1 amide bonds. The highest BCUT2D eigenvalue weighted by Crippen LogP contribution is 2.19. The molecule has 3 N–H and O–H groups in total. The molecule has 0 spiro atoms. The second kappa shape index (κ2) is 5.73. The van der Waals surface area contributed by atoms with Gasteiger partial charge in [0.15, 0.2) is 0 Å². The van der Waals surface area contributed by atoms with Crippen LogP contribution in [0.2, 0.25) is 0 Å². The molecule has 2 rings (SSSR count). The maximum atomic E-state index is 12.3. The minimum atomic E-state index is 0.0537. The zero-order valence-electron chi connectivity index (χ0n) is 11.0. The van der Waals surface area contributed by atoms with E-state index >= 15 is 0 Å². The largest absolute Gasteiger partial charge is 0.409 e. The third kappa shape index (κ3) is 3.05. The van der Waals surface area contributed by atoms with E-state index in [9.17, 15) is 4.79 Å². The van der Waals surface area contributed by atoms with E-state index < -0.39 is 0 Å². The number of hydrogen-bond donors (Lipinski definition) is 2. The summed E-state index contributed by atoms with van der Waals surface area (Å²) in [6, 6.07) is 7.59. The Morgan fingerprint density at radius 2 is 1.89 bits per heavy atom. The molecule has 1 aliphatic rings. The number of carbonyl (C=O) groups excluding carboxylic acids is 1. The smallest absolute Gasteiger partial charge is 0.253 e. The van der Waals surface area contributed by atoms with Crippen molar-refractivity contribution in [2.24, 2.45) is 16.8 Å². The molecule has 102 valence electrons. The SMILES string of the molecule is Cc1ccc(C(=O)N2CCC(C(N)=NO)CC2)cc1. The average molecular weight is 261 g/mol. The molecule has 1 aliphatic heterocycles. The Kier molecular flexibility index (Phi) is 4.04. The van der Waals surface area contributed by atoms with E-state index in [4.69, 9.17) is 10.9 Å². The van der Waals surface area contributed by atoms with Gasteiger partial charge in [0, 0.05) is 24.6 Å². The molecular weight excluding hydrogens is 242 g/mol. The number of likely N-dealkylation sites (tertiary alicyclic amines) is 1. The van der Waals surface area contributed by atoms with Gasteiger partial charge >= 0.3 is 0 Å². The molecule has 1 aromatic carbocycles. The van der Waals surface area contributed by atoms with Gasteiger partial charge < -0.3 is 15.8 Å². The van der Waals surface area contributed by atoms with Crippen molar-refractivity contribution in [3.63, 3.8) is 0 Å². The number of rotatable bonds is 2. The summed E-state index contributed by atoms with van der Waals surface area (Å²) in [6.07, 6.45) is 1.49. The van der Waals surface area contributed by atoms with E-state index in [1.807, 2.05) is 36.1 Å². The van der Waals surface area contributed by atoms with Crippen LogP contribution in [0.4, 0.5) is 0 Å². The van der Waals surface area contributed by atoms with Crippen molar-refractivity contribution in [3.05, 3.63) is 35.4 Å². The van der Waals surface area contributed by atoms with E-state index in [0.717, 1.165) is 18.4 Å². The molecule has 0 atom stereocenters. The number of hydrogen-bond acceptors (Lipinski definition) is 3. The van der Waals surface area contributed by atoms with E-state index in [1.165, 1.54) is 0 Å². The number of amidine groups is 1. The average Bonchev–Trinajstić information content (AvgIpc) is 2.46. The van der Waals surface area contributed by atoms with Crippen LogP contribution in [0, 0.1) is 12.8 Å². The molecule has 1 heterocycles. The number of benzene rings is 1. The minimum absolute atomic E-state index is 0.0537. The molecule has 1 saturated heterocycles. The van der Waals surface area contributed by atoms with Gasteiger partial charge in [-0.3, -0.25) is 4.79 Å². The number of piperidine rings is 1. The number of nitrogens with zero attached hydrogens (tertiary/aromatic N) is 2. The van der Waals surface area contributed by atoms with Crippen molar-refractivity contribution in [1.82, 2.24) is 4.90 Å². The van der Waals surface area contributed by atoms with Crippen LogP contribution >= 0.6 is 0 Å². The number of carbonyl (C=O) groups is 1. The Balaban J connectivity index is 1.98. The lowest BCUT2D eigenvalue weighted by Gasteiger charge is -2.31. The van der Waals surface area contributed by atoms with Crippen molar-refractivity contribution in [2.75, 3.05) is 13.1 Å². The lowest BCUT2D eigenvalue weighted by atomic mass is 9.95. The molecule has 19 heavy (non-hydrogen) atoms. The van der Waals surface area contributed by atoms with Crippen LogP contribution in [0.15, 0.2) is 29.4 Å². The molecule has 0 radical (unpaired) electrons. The Morgan fingerprint density at radius 3 is 2.42 bits per heavy atom. The summed E-state index contributed by atoms with van der Waals surface area (Å²) in [5.74, 6) is 0.396. The molecule has 0 bridgehead atoms. The van der Waals surface area contributed by atoms with Gasteiger partial charge in [-0.15, -0.1) is 0 Å². The van der Waals surface area contributed by atoms with Gasteiger partial charge in [-0.2, -0.15) is 0 Å². The van der Waals surface area contributed by atoms with E-state index in [0.29, 0.717) is 18.7 Å². The van der Waals surface area contributed by atoms with Crippen LogP contribution in [-0.2, 0) is 0 Å². The van der Waals surface area contributed by atoms with Gasteiger partial charge in [-0.05, 0) is 31.9 Å². The maximum Gasteiger partial charge on any atom is 0.253 e. The van der Waals surface area contributed by atoms with Crippen molar-refractivity contribution in [1.29, 1.82) is 0 Å². The van der Waals surface area contributed by atoms with Crippen LogP contribution in [-0.4, -0.2) is 34.9 Å². The standard InChI is InChI=1S/C14H19N3O2/c1-10-2-4-12(5-3-10)14(18)17-8-6-11(7-9-17)13(15)16-19/h2-5,11,19H,6-9H2,1H3,(H2,15,16). The molecule has 0 unspecified atom stereocenters. The van der Waals surface area contributed by atoms with Crippen molar-refractivity contribution < 1.29 is 10.0 Å². The zero-order chi connectivity index (χ0) is 13.8. The number of amides is 1. The quantitative estimate of drug-likeness (QED) is 0.367. The summed E-state index contributed by atoms with van der Waals surface area (Å²) in [7, 11) is 0. The van der Waals surface area contributed by atoms with Gasteiger partial charge in [-0.1, -0.05) is 22.9 Å². The summed E-state index contributed by atoms with van der Waals surface area (Å²) < 4.78 is 0. The topological polar surface area (TPSA) is 78.9 Å². The summed E-state index contributed by atoms with van der Waals surface area (Å²) in [5.41, 5.74) is 7.45. The van der Waals surface area contributed by atoms with Crippen LogP contribution < -0.4 is 5.73 Å². The Bertz CT molecular complexity index is 474. The Hall–Kier alpha value is -2.04. The first kappa shape index (κ1) is 13.4. The summed E-state index contributed by atoms with van der Waals surface area (Å²) in [4.78, 5) is 14.1. The van der Waals surface area contributed by atoms with Gasteiger partial charge in [0.1, 0.15) is 5.84 Å². The first-order valence-electron chi connectivity index (χ1n) is 6.45. The van der Waals surface area contributed by atoms with Gasteiger partial charge in [-0.25, -0.2) is 0 Å². The van der Waals surface area contributed by atoms with Crippen LogP contribution in [0.1, 0.15) is 28.8 Å². The zero-order valence-corrected chi connectivity index (χ0v) is 11.0. The highest BCUT2D eigenvalue weighted by molar-refractivity contribution is 5.94. The van der Waals surface area contributed by atoms with Gasteiger partial charge in [0.2, 0.25) is 0 Å². The fourth-order valence-corrected chi connectivity index (χ4v) is 2.34. The number of nitrogens with two attached hydrogens (primary N) is 1. The molecule has 5 nitrogen and oxygen atoms in total. The second-order valence-corrected chi connectivity index (χ2v) is 4.96. The van der Waals surface area contributed by atoms with Crippen molar-refractivity contribution >= 4 is 11.7 Å². The predicted octanol–water partition coefficient (Wildman–Crippen LogP) is 1.59. The molecule has 1 aromatic rings. The number of aryl methyl sites for hydroxylation is 1. The van der Waals surface area contributed by atoms with Crippen LogP contribution in [0.3, 0.4) is 0 Å². The van der Waals surface area contributed by atoms with Gasteiger partial charge in [0.05, 0.1) is 0 Å². The fraction of sp³-hybridized carbons (Fsp3) is 0.429. The fourth-order valence-electron chi connectivity index (χ4n) is 2.34. The summed E-state index contributed by atoms with van der Waals surface area (Å²) in [5, 5.41) is 11.7. The minimum Gasteiger partial charge on any atom is -0.409 e. The predicted molar refractivity (Wildman–Crippen MR) is 73.2 cm³/mol. The van der Waals surface area contributed by atoms with Crippen LogP contribution in [0.5, 0.6) is 0 Å². The third-order valence-electron chi connectivity index (χ3n) is 3.61. The lowest BCUT2D eigenvalue weighted by Crippen LogP contribution is -2.41. The molecule has 0 aromatic heterocycles. The first-order valence-corrected chi connectivity index (χ1v) is 6.45. The number of oxime groups is 1. The van der Waals surface area contributed by atoms with E-state index in [1.54, 1.807) is 0 Å². The highest BCUT2D eigenvalue weighted by Gasteiger charge is 2.25. The monoisotopic (exact) mass is 261 g/mol. The maximum absolute atomic E-state index is 12.3. The second-order valence-electron chi connectivity index (χ2n) is 4.96. The molecular formula is C14H19N3O2. The molecule has 0 aliphatic carbocycles. The molecule has 5 heteroatoms. The van der Waals surface area contributed by atoms with Crippen molar-refractivity contribution in [2.45, 2.75) is 19.8 Å². The first-order chi connectivity index (χ1) is 9.11.